The lowest BCUT2D eigenvalue weighted by Gasteiger charge is -2.26. The van der Waals surface area contributed by atoms with Gasteiger partial charge in [-0.05, 0) is 61.0 Å². The van der Waals surface area contributed by atoms with Crippen molar-refractivity contribution >= 4 is 34.7 Å². The third kappa shape index (κ3) is 4.99. The monoisotopic (exact) mass is 531 g/mol. The highest BCUT2D eigenvalue weighted by Crippen LogP contribution is 2.45. The summed E-state index contributed by atoms with van der Waals surface area (Å²) >= 11 is 6.31. The highest BCUT2D eigenvalue weighted by molar-refractivity contribution is 6.52. The maximum absolute atomic E-state index is 13.5. The van der Waals surface area contributed by atoms with Crippen molar-refractivity contribution in [2.24, 2.45) is 0 Å². The molecule has 3 aromatic carbocycles. The molecule has 6 nitrogen and oxygen atoms in total. The summed E-state index contributed by atoms with van der Waals surface area (Å²) in [5.74, 6) is -2.04. The summed E-state index contributed by atoms with van der Waals surface area (Å²) in [7, 11) is 1.42. The molecule has 1 atom stereocenters. The van der Waals surface area contributed by atoms with Crippen LogP contribution in [0.4, 0.5) is 18.9 Å². The highest BCUT2D eigenvalue weighted by atomic mass is 35.5. The van der Waals surface area contributed by atoms with E-state index in [1.165, 1.54) is 31.4 Å². The van der Waals surface area contributed by atoms with E-state index < -0.39 is 35.2 Å². The Labute approximate surface area is 215 Å². The molecule has 1 N–H and O–H groups in total. The summed E-state index contributed by atoms with van der Waals surface area (Å²) in [6.07, 6.45) is -4.68. The van der Waals surface area contributed by atoms with Gasteiger partial charge in [0.2, 0.25) is 0 Å². The first kappa shape index (κ1) is 26.1. The predicted molar refractivity (Wildman–Crippen MR) is 132 cm³/mol. The number of aliphatic hydroxyl groups is 1. The van der Waals surface area contributed by atoms with E-state index in [2.05, 4.69) is 0 Å². The number of Topliss-reactive ketones (excluding diaryl/α,β-unsaturated/α-hetero) is 1. The molecule has 0 saturated carbocycles. The molecule has 10 heteroatoms. The van der Waals surface area contributed by atoms with E-state index in [4.69, 9.17) is 21.1 Å². The molecule has 1 amide bonds. The predicted octanol–water partition coefficient (Wildman–Crippen LogP) is 6.39. The van der Waals surface area contributed by atoms with Crippen molar-refractivity contribution in [2.45, 2.75) is 19.1 Å². The van der Waals surface area contributed by atoms with Gasteiger partial charge in [-0.25, -0.2) is 0 Å². The first-order valence-corrected chi connectivity index (χ1v) is 11.5. The number of halogens is 4. The molecule has 3 aromatic rings. The van der Waals surface area contributed by atoms with E-state index in [0.717, 1.165) is 23.1 Å². The van der Waals surface area contributed by atoms with Gasteiger partial charge < -0.3 is 14.6 Å². The van der Waals surface area contributed by atoms with Crippen LogP contribution in [0.15, 0.2) is 72.3 Å². The molecule has 192 valence electrons. The molecule has 37 heavy (non-hydrogen) atoms. The number of anilines is 1. The van der Waals surface area contributed by atoms with Gasteiger partial charge in [0.15, 0.2) is 0 Å². The minimum absolute atomic E-state index is 0.0301. The van der Waals surface area contributed by atoms with E-state index >= 15 is 0 Å². The van der Waals surface area contributed by atoms with Crippen LogP contribution in [0.1, 0.15) is 29.7 Å². The first-order chi connectivity index (χ1) is 17.6. The minimum Gasteiger partial charge on any atom is -0.507 e. The number of hydrogen-bond donors (Lipinski definition) is 1. The quantitative estimate of drug-likeness (QED) is 0.226. The van der Waals surface area contributed by atoms with Crippen molar-refractivity contribution in [1.82, 2.24) is 0 Å². The number of amides is 1. The lowest BCUT2D eigenvalue weighted by molar-refractivity contribution is -0.137. The molecule has 0 spiro atoms. The third-order valence-corrected chi connectivity index (χ3v) is 6.14. The lowest BCUT2D eigenvalue weighted by Crippen LogP contribution is -2.29. The molecular formula is C27H21ClF3NO5. The van der Waals surface area contributed by atoms with Gasteiger partial charge in [-0.15, -0.1) is 0 Å². The summed E-state index contributed by atoms with van der Waals surface area (Å²) < 4.78 is 51.1. The largest absolute Gasteiger partial charge is 0.507 e. The van der Waals surface area contributed by atoms with Crippen LogP contribution >= 0.6 is 11.6 Å². The van der Waals surface area contributed by atoms with Crippen molar-refractivity contribution < 1.29 is 37.3 Å². The Morgan fingerprint density at radius 1 is 1.03 bits per heavy atom. The lowest BCUT2D eigenvalue weighted by atomic mass is 9.94. The standard InChI is InChI=1S/C27H21ClF3NO5/c1-3-37-19-10-11-21(28)20(14-19)24(33)22-23(15-6-4-9-18(12-15)36-2)32(26(35)25(22)34)17-8-5-7-16(13-17)27(29,30)31/h4-14,23,33H,3H2,1-2H3/b24-22+. The maximum Gasteiger partial charge on any atom is 0.416 e. The molecule has 0 radical (unpaired) electrons. The van der Waals surface area contributed by atoms with Gasteiger partial charge >= 0.3 is 6.18 Å². The fourth-order valence-corrected chi connectivity index (χ4v) is 4.35. The summed E-state index contributed by atoms with van der Waals surface area (Å²) in [6, 6.07) is 13.6. The Bertz CT molecular complexity index is 1400. The Morgan fingerprint density at radius 2 is 1.76 bits per heavy atom. The van der Waals surface area contributed by atoms with Crippen LogP contribution in [0, 0.1) is 0 Å². The van der Waals surface area contributed by atoms with E-state index in [-0.39, 0.29) is 21.8 Å². The SMILES string of the molecule is CCOc1ccc(Cl)c(/C(O)=C2\C(=O)C(=O)N(c3cccc(C(F)(F)F)c3)C2c2cccc(OC)c2)c1. The normalized spacial score (nSPS) is 17.2. The number of methoxy groups -OCH3 is 1. The summed E-state index contributed by atoms with van der Waals surface area (Å²) in [6.45, 7) is 2.09. The molecule has 0 bridgehead atoms. The maximum atomic E-state index is 13.5. The number of carbonyl (C=O) groups is 2. The third-order valence-electron chi connectivity index (χ3n) is 5.81. The second kappa shape index (κ2) is 10.2. The fraction of sp³-hybridized carbons (Fsp3) is 0.185. The summed E-state index contributed by atoms with van der Waals surface area (Å²) in [5.41, 5.74) is -1.15. The van der Waals surface area contributed by atoms with Gasteiger partial charge in [0.1, 0.15) is 17.3 Å². The molecule has 1 aliphatic heterocycles. The Balaban J connectivity index is 1.98. The number of hydrogen-bond acceptors (Lipinski definition) is 5. The molecule has 1 aliphatic rings. The molecule has 1 saturated heterocycles. The number of ether oxygens (including phenoxy) is 2. The number of nitrogens with zero attached hydrogens (tertiary/aromatic N) is 1. The summed E-state index contributed by atoms with van der Waals surface area (Å²) in [5, 5.41) is 11.4. The molecule has 4 rings (SSSR count). The second-order valence-electron chi connectivity index (χ2n) is 8.07. The van der Waals surface area contributed by atoms with E-state index in [0.29, 0.717) is 23.7 Å². The van der Waals surface area contributed by atoms with Gasteiger partial charge in [-0.2, -0.15) is 13.2 Å². The summed E-state index contributed by atoms with van der Waals surface area (Å²) in [4.78, 5) is 27.5. The molecule has 1 heterocycles. The van der Waals surface area contributed by atoms with Crippen LogP contribution in [-0.4, -0.2) is 30.5 Å². The smallest absolute Gasteiger partial charge is 0.416 e. The van der Waals surface area contributed by atoms with E-state index in [1.54, 1.807) is 31.2 Å². The van der Waals surface area contributed by atoms with Crippen molar-refractivity contribution in [2.75, 3.05) is 18.6 Å². The molecule has 1 fully saturated rings. The average Bonchev–Trinajstić information content (AvgIpc) is 3.15. The Morgan fingerprint density at radius 3 is 2.43 bits per heavy atom. The number of aliphatic hydroxyl groups excluding tert-OH is 1. The number of alkyl halides is 3. The molecule has 1 unspecified atom stereocenters. The van der Waals surface area contributed by atoms with Crippen molar-refractivity contribution in [3.63, 3.8) is 0 Å². The number of rotatable bonds is 6. The van der Waals surface area contributed by atoms with Crippen LogP contribution < -0.4 is 14.4 Å². The Kier molecular flexibility index (Phi) is 7.18. The zero-order chi connectivity index (χ0) is 26.9. The van der Waals surface area contributed by atoms with E-state index in [9.17, 15) is 27.9 Å². The van der Waals surface area contributed by atoms with Crippen LogP contribution in [0.2, 0.25) is 5.02 Å². The van der Waals surface area contributed by atoms with Crippen LogP contribution in [0.5, 0.6) is 11.5 Å². The number of ketones is 1. The van der Waals surface area contributed by atoms with Crippen molar-refractivity contribution in [3.05, 3.63) is 94.0 Å². The number of carbonyl (C=O) groups excluding carboxylic acids is 2. The molecule has 0 aliphatic carbocycles. The fourth-order valence-electron chi connectivity index (χ4n) is 4.15. The minimum atomic E-state index is -4.68. The van der Waals surface area contributed by atoms with Gasteiger partial charge in [0.25, 0.3) is 11.7 Å². The zero-order valence-electron chi connectivity index (χ0n) is 19.7. The zero-order valence-corrected chi connectivity index (χ0v) is 20.4. The van der Waals surface area contributed by atoms with Crippen LogP contribution in [-0.2, 0) is 15.8 Å². The van der Waals surface area contributed by atoms with Gasteiger partial charge in [0, 0.05) is 11.3 Å². The highest BCUT2D eigenvalue weighted by Gasteiger charge is 2.47. The first-order valence-electron chi connectivity index (χ1n) is 11.1. The van der Waals surface area contributed by atoms with Gasteiger partial charge in [0.05, 0.1) is 35.9 Å². The van der Waals surface area contributed by atoms with Crippen LogP contribution in [0.3, 0.4) is 0 Å². The van der Waals surface area contributed by atoms with Crippen molar-refractivity contribution in [3.8, 4) is 11.5 Å². The van der Waals surface area contributed by atoms with E-state index in [1.807, 2.05) is 0 Å². The van der Waals surface area contributed by atoms with Gasteiger partial charge in [-0.3, -0.25) is 14.5 Å². The molecular weight excluding hydrogens is 511 g/mol. The van der Waals surface area contributed by atoms with Crippen molar-refractivity contribution in [1.29, 1.82) is 0 Å². The number of benzene rings is 3. The Hall–Kier alpha value is -3.98. The average molecular weight is 532 g/mol. The second-order valence-corrected chi connectivity index (χ2v) is 8.48. The van der Waals surface area contributed by atoms with Gasteiger partial charge in [-0.1, -0.05) is 29.8 Å². The van der Waals surface area contributed by atoms with Crippen LogP contribution in [0.25, 0.3) is 5.76 Å². The topological polar surface area (TPSA) is 76.1 Å². The molecule has 0 aromatic heterocycles.